The molecule has 0 saturated carbocycles. The van der Waals surface area contributed by atoms with Crippen LogP contribution in [-0.4, -0.2) is 36.4 Å². The maximum atomic E-state index is 12.0. The second-order valence-corrected chi connectivity index (χ2v) is 3.87. The third-order valence-corrected chi connectivity index (χ3v) is 2.37. The molecule has 1 unspecified atom stereocenters. The number of hydrogen-bond acceptors (Lipinski definition) is 4. The molecule has 0 radical (unpaired) electrons. The molecule has 0 amide bonds. The highest BCUT2D eigenvalue weighted by Gasteiger charge is 2.19. The summed E-state index contributed by atoms with van der Waals surface area (Å²) >= 11 is 0. The van der Waals surface area contributed by atoms with Gasteiger partial charge in [0.2, 0.25) is 0 Å². The number of methoxy groups -OCH3 is 2. The summed E-state index contributed by atoms with van der Waals surface area (Å²) in [6.07, 6.45) is 1.98. The summed E-state index contributed by atoms with van der Waals surface area (Å²) in [4.78, 5) is 12.0. The highest BCUT2D eigenvalue weighted by molar-refractivity contribution is 5.97. The van der Waals surface area contributed by atoms with Crippen molar-refractivity contribution in [2.75, 3.05) is 20.8 Å². The number of aromatic nitrogens is 2. The summed E-state index contributed by atoms with van der Waals surface area (Å²) in [5, 5.41) is 4.00. The Bertz CT molecular complexity index is 360. The average molecular weight is 226 g/mol. The zero-order chi connectivity index (χ0) is 12.1. The zero-order valence-corrected chi connectivity index (χ0v) is 10.2. The SMILES string of the molecule is COCC(C)CC(=O)c1c(OC)cnn1C. The van der Waals surface area contributed by atoms with Crippen LogP contribution in [0.5, 0.6) is 5.75 Å². The third kappa shape index (κ3) is 2.82. The van der Waals surface area contributed by atoms with Crippen LogP contribution in [0.4, 0.5) is 0 Å². The molecule has 0 aliphatic carbocycles. The van der Waals surface area contributed by atoms with Crippen molar-refractivity contribution >= 4 is 5.78 Å². The molecular formula is C11H18N2O3. The van der Waals surface area contributed by atoms with Gasteiger partial charge in [0.15, 0.2) is 11.5 Å². The van der Waals surface area contributed by atoms with E-state index in [4.69, 9.17) is 9.47 Å². The van der Waals surface area contributed by atoms with E-state index in [9.17, 15) is 4.79 Å². The smallest absolute Gasteiger partial charge is 0.185 e. The van der Waals surface area contributed by atoms with Crippen molar-refractivity contribution in [3.63, 3.8) is 0 Å². The van der Waals surface area contributed by atoms with Crippen LogP contribution < -0.4 is 4.74 Å². The Hall–Kier alpha value is -1.36. The summed E-state index contributed by atoms with van der Waals surface area (Å²) in [6, 6.07) is 0. The Morgan fingerprint density at radius 1 is 1.56 bits per heavy atom. The molecule has 0 N–H and O–H groups in total. The van der Waals surface area contributed by atoms with E-state index in [2.05, 4.69) is 5.10 Å². The number of ether oxygens (including phenoxy) is 2. The molecule has 0 bridgehead atoms. The Morgan fingerprint density at radius 2 is 2.25 bits per heavy atom. The van der Waals surface area contributed by atoms with Crippen LogP contribution in [0.2, 0.25) is 0 Å². The van der Waals surface area contributed by atoms with Crippen molar-refractivity contribution in [1.82, 2.24) is 9.78 Å². The van der Waals surface area contributed by atoms with Crippen LogP contribution in [0.1, 0.15) is 23.8 Å². The highest BCUT2D eigenvalue weighted by atomic mass is 16.5. The van der Waals surface area contributed by atoms with E-state index in [1.807, 2.05) is 6.92 Å². The van der Waals surface area contributed by atoms with Crippen LogP contribution in [0.3, 0.4) is 0 Å². The second-order valence-electron chi connectivity index (χ2n) is 3.87. The Labute approximate surface area is 95.3 Å². The van der Waals surface area contributed by atoms with Gasteiger partial charge < -0.3 is 9.47 Å². The minimum atomic E-state index is 0.0291. The number of rotatable bonds is 6. The van der Waals surface area contributed by atoms with Gasteiger partial charge in [-0.25, -0.2) is 0 Å². The molecule has 0 fully saturated rings. The van der Waals surface area contributed by atoms with E-state index in [1.54, 1.807) is 25.0 Å². The number of aryl methyl sites for hydroxylation is 1. The molecule has 0 aromatic carbocycles. The molecule has 1 atom stereocenters. The molecule has 0 aliphatic heterocycles. The lowest BCUT2D eigenvalue weighted by molar-refractivity contribution is 0.0908. The minimum Gasteiger partial charge on any atom is -0.493 e. The minimum absolute atomic E-state index is 0.0291. The molecule has 0 spiro atoms. The summed E-state index contributed by atoms with van der Waals surface area (Å²) in [5.74, 6) is 0.746. The molecule has 1 rings (SSSR count). The summed E-state index contributed by atoms with van der Waals surface area (Å²) in [5.41, 5.74) is 0.519. The monoisotopic (exact) mass is 226 g/mol. The number of hydrogen-bond donors (Lipinski definition) is 0. The first-order chi connectivity index (χ1) is 7.60. The normalized spacial score (nSPS) is 12.5. The summed E-state index contributed by atoms with van der Waals surface area (Å²) in [7, 11) is 4.90. The van der Waals surface area contributed by atoms with E-state index in [-0.39, 0.29) is 11.7 Å². The molecule has 1 aromatic rings. The van der Waals surface area contributed by atoms with Gasteiger partial charge >= 0.3 is 0 Å². The molecule has 5 heteroatoms. The molecular weight excluding hydrogens is 208 g/mol. The van der Waals surface area contributed by atoms with Crippen molar-refractivity contribution in [3.8, 4) is 5.75 Å². The fourth-order valence-electron chi connectivity index (χ4n) is 1.64. The fraction of sp³-hybridized carbons (Fsp3) is 0.636. The van der Waals surface area contributed by atoms with Crippen LogP contribution in [0.15, 0.2) is 6.20 Å². The van der Waals surface area contributed by atoms with Crippen molar-refractivity contribution in [1.29, 1.82) is 0 Å². The highest BCUT2D eigenvalue weighted by Crippen LogP contribution is 2.20. The lowest BCUT2D eigenvalue weighted by atomic mass is 10.0. The van der Waals surface area contributed by atoms with Crippen LogP contribution in [0, 0.1) is 5.92 Å². The molecule has 5 nitrogen and oxygen atoms in total. The van der Waals surface area contributed by atoms with E-state index >= 15 is 0 Å². The predicted octanol–water partition coefficient (Wildman–Crippen LogP) is 1.28. The standard InChI is InChI=1S/C11H18N2O3/c1-8(7-15-3)5-9(14)11-10(16-4)6-12-13(11)2/h6,8H,5,7H2,1-4H3. The van der Waals surface area contributed by atoms with Gasteiger partial charge in [0, 0.05) is 27.2 Å². The second kappa shape index (κ2) is 5.65. The first-order valence-electron chi connectivity index (χ1n) is 5.18. The van der Waals surface area contributed by atoms with Gasteiger partial charge in [-0.05, 0) is 5.92 Å². The number of ketones is 1. The lowest BCUT2D eigenvalue weighted by Crippen LogP contribution is -2.14. The van der Waals surface area contributed by atoms with Gasteiger partial charge in [0.1, 0.15) is 5.69 Å². The Morgan fingerprint density at radius 3 is 2.81 bits per heavy atom. The van der Waals surface area contributed by atoms with Crippen LogP contribution >= 0.6 is 0 Å². The van der Waals surface area contributed by atoms with E-state index in [0.29, 0.717) is 24.5 Å². The molecule has 0 aliphatic rings. The molecule has 90 valence electrons. The molecule has 0 saturated heterocycles. The summed E-state index contributed by atoms with van der Waals surface area (Å²) in [6.45, 7) is 2.55. The first kappa shape index (κ1) is 12.7. The van der Waals surface area contributed by atoms with Crippen LogP contribution in [0.25, 0.3) is 0 Å². The maximum Gasteiger partial charge on any atom is 0.185 e. The van der Waals surface area contributed by atoms with Crippen LogP contribution in [-0.2, 0) is 11.8 Å². The predicted molar refractivity (Wildman–Crippen MR) is 59.7 cm³/mol. The quantitative estimate of drug-likeness (QED) is 0.686. The third-order valence-electron chi connectivity index (χ3n) is 2.37. The van der Waals surface area contributed by atoms with Gasteiger partial charge in [0.25, 0.3) is 0 Å². The zero-order valence-electron chi connectivity index (χ0n) is 10.2. The van der Waals surface area contributed by atoms with Gasteiger partial charge in [-0.1, -0.05) is 6.92 Å². The number of carbonyl (C=O) groups is 1. The number of nitrogens with zero attached hydrogens (tertiary/aromatic N) is 2. The Kier molecular flexibility index (Phi) is 4.49. The molecule has 16 heavy (non-hydrogen) atoms. The van der Waals surface area contributed by atoms with E-state index < -0.39 is 0 Å². The lowest BCUT2D eigenvalue weighted by Gasteiger charge is -2.10. The largest absolute Gasteiger partial charge is 0.493 e. The topological polar surface area (TPSA) is 53.4 Å². The molecule has 1 aromatic heterocycles. The van der Waals surface area contributed by atoms with E-state index in [1.165, 1.54) is 7.11 Å². The maximum absolute atomic E-state index is 12.0. The van der Waals surface area contributed by atoms with Gasteiger partial charge in [0.05, 0.1) is 13.3 Å². The molecule has 1 heterocycles. The van der Waals surface area contributed by atoms with Gasteiger partial charge in [-0.2, -0.15) is 5.10 Å². The van der Waals surface area contributed by atoms with Gasteiger partial charge in [-0.3, -0.25) is 9.48 Å². The number of Topliss-reactive ketones (excluding diaryl/α,β-unsaturated/α-hetero) is 1. The first-order valence-corrected chi connectivity index (χ1v) is 5.18. The van der Waals surface area contributed by atoms with E-state index in [0.717, 1.165) is 0 Å². The fourth-order valence-corrected chi connectivity index (χ4v) is 1.64. The number of carbonyl (C=O) groups excluding carboxylic acids is 1. The van der Waals surface area contributed by atoms with Crippen molar-refractivity contribution in [3.05, 3.63) is 11.9 Å². The van der Waals surface area contributed by atoms with Crippen molar-refractivity contribution in [2.45, 2.75) is 13.3 Å². The summed E-state index contributed by atoms with van der Waals surface area (Å²) < 4.78 is 11.6. The van der Waals surface area contributed by atoms with Crippen molar-refractivity contribution < 1.29 is 14.3 Å². The average Bonchev–Trinajstić information content (AvgIpc) is 2.59. The Balaban J connectivity index is 2.75. The van der Waals surface area contributed by atoms with Crippen molar-refractivity contribution in [2.24, 2.45) is 13.0 Å². The van der Waals surface area contributed by atoms with Gasteiger partial charge in [-0.15, -0.1) is 0 Å².